The molecule has 3 rings (SSSR count). The van der Waals surface area contributed by atoms with Crippen LogP contribution in [0, 0.1) is 11.3 Å². The van der Waals surface area contributed by atoms with Crippen molar-refractivity contribution >= 4 is 17.3 Å². The number of esters is 1. The maximum atomic E-state index is 12.9. The van der Waals surface area contributed by atoms with Gasteiger partial charge in [-0.3, -0.25) is 4.79 Å². The third kappa shape index (κ3) is 3.03. The number of ketones is 1. The molecule has 0 unspecified atom stereocenters. The van der Waals surface area contributed by atoms with Gasteiger partial charge in [0.25, 0.3) is 0 Å². The fraction of sp³-hybridized carbons (Fsp3) is 0.150. The van der Waals surface area contributed by atoms with Crippen molar-refractivity contribution in [1.82, 2.24) is 4.40 Å². The Labute approximate surface area is 150 Å². The summed E-state index contributed by atoms with van der Waals surface area (Å²) in [6.07, 6.45) is 1.60. The van der Waals surface area contributed by atoms with Crippen LogP contribution in [0.15, 0.2) is 48.7 Å². The van der Waals surface area contributed by atoms with E-state index in [4.69, 9.17) is 14.7 Å². The molecule has 0 aliphatic heterocycles. The normalized spacial score (nSPS) is 10.3. The predicted molar refractivity (Wildman–Crippen MR) is 94.5 cm³/mol. The quantitative estimate of drug-likeness (QED) is 0.522. The van der Waals surface area contributed by atoms with E-state index >= 15 is 0 Å². The third-order valence-electron chi connectivity index (χ3n) is 3.98. The summed E-state index contributed by atoms with van der Waals surface area (Å²) in [4.78, 5) is 25.2. The molecule has 0 radical (unpaired) electrons. The van der Waals surface area contributed by atoms with E-state index in [0.29, 0.717) is 28.1 Å². The molecular weight excluding hydrogens is 332 g/mol. The highest BCUT2D eigenvalue weighted by molar-refractivity contribution is 6.11. The second kappa shape index (κ2) is 7.11. The Bertz CT molecular complexity index is 1030. The molecular formula is C20H16N2O4. The van der Waals surface area contributed by atoms with E-state index in [0.717, 1.165) is 0 Å². The smallest absolute Gasteiger partial charge is 0.340 e. The number of methoxy groups -OCH3 is 1. The van der Waals surface area contributed by atoms with Gasteiger partial charge in [0, 0.05) is 11.8 Å². The molecule has 0 amide bonds. The largest absolute Gasteiger partial charge is 0.497 e. The Hall–Kier alpha value is -3.59. The standard InChI is InChI=1S/C20H16N2O4/c1-3-26-20(24)16-11-18(22-9-8-13(12-21)10-17(16)22)19(23)14-4-6-15(25-2)7-5-14/h4-11H,3H2,1-2H3. The van der Waals surface area contributed by atoms with Crippen molar-refractivity contribution in [2.75, 3.05) is 13.7 Å². The molecule has 6 nitrogen and oxygen atoms in total. The first-order chi connectivity index (χ1) is 12.6. The van der Waals surface area contributed by atoms with Crippen LogP contribution in [0.4, 0.5) is 0 Å². The summed E-state index contributed by atoms with van der Waals surface area (Å²) in [5, 5.41) is 9.12. The summed E-state index contributed by atoms with van der Waals surface area (Å²) in [5.74, 6) is -0.135. The van der Waals surface area contributed by atoms with Crippen molar-refractivity contribution < 1.29 is 19.1 Å². The second-order valence-electron chi connectivity index (χ2n) is 5.50. The van der Waals surface area contributed by atoms with Crippen LogP contribution >= 0.6 is 0 Å². The first-order valence-corrected chi connectivity index (χ1v) is 8.00. The third-order valence-corrected chi connectivity index (χ3v) is 3.98. The van der Waals surface area contributed by atoms with E-state index in [2.05, 4.69) is 0 Å². The van der Waals surface area contributed by atoms with Crippen molar-refractivity contribution in [1.29, 1.82) is 5.26 Å². The number of pyridine rings is 1. The van der Waals surface area contributed by atoms with E-state index in [-0.39, 0.29) is 18.0 Å². The lowest BCUT2D eigenvalue weighted by atomic mass is 10.1. The Kier molecular flexibility index (Phi) is 4.72. The minimum atomic E-state index is -0.533. The molecule has 0 bridgehead atoms. The highest BCUT2D eigenvalue weighted by Gasteiger charge is 2.21. The van der Waals surface area contributed by atoms with Crippen LogP contribution < -0.4 is 4.74 Å². The summed E-state index contributed by atoms with van der Waals surface area (Å²) in [5.41, 5.74) is 1.88. The Morgan fingerprint density at radius 3 is 2.50 bits per heavy atom. The molecule has 6 heteroatoms. The Morgan fingerprint density at radius 2 is 1.88 bits per heavy atom. The van der Waals surface area contributed by atoms with Crippen LogP contribution in [0.2, 0.25) is 0 Å². The molecule has 0 aliphatic rings. The van der Waals surface area contributed by atoms with Gasteiger partial charge in [0.05, 0.1) is 42.1 Å². The molecule has 0 fully saturated rings. The van der Waals surface area contributed by atoms with E-state index in [1.807, 2.05) is 6.07 Å². The number of carbonyl (C=O) groups excluding carboxylic acids is 2. The fourth-order valence-corrected chi connectivity index (χ4v) is 2.70. The van der Waals surface area contributed by atoms with Crippen molar-refractivity contribution in [3.63, 3.8) is 0 Å². The van der Waals surface area contributed by atoms with Crippen LogP contribution in [0.5, 0.6) is 5.75 Å². The van der Waals surface area contributed by atoms with Crippen LogP contribution in [-0.2, 0) is 4.74 Å². The van der Waals surface area contributed by atoms with Crippen molar-refractivity contribution in [3.05, 3.63) is 71.0 Å². The van der Waals surface area contributed by atoms with Crippen LogP contribution in [0.1, 0.15) is 38.9 Å². The van der Waals surface area contributed by atoms with Crippen LogP contribution in [0.3, 0.4) is 0 Å². The van der Waals surface area contributed by atoms with E-state index in [1.54, 1.807) is 61.0 Å². The van der Waals surface area contributed by atoms with Gasteiger partial charge in [-0.05, 0) is 49.4 Å². The minimum absolute atomic E-state index is 0.218. The van der Waals surface area contributed by atoms with Crippen molar-refractivity contribution in [2.45, 2.75) is 6.92 Å². The first kappa shape index (κ1) is 17.2. The number of nitriles is 1. The summed E-state index contributed by atoms with van der Waals surface area (Å²) in [6.45, 7) is 1.93. The van der Waals surface area contributed by atoms with Gasteiger partial charge in [-0.1, -0.05) is 0 Å². The molecule has 0 aliphatic carbocycles. The summed E-state index contributed by atoms with van der Waals surface area (Å²) in [7, 11) is 1.55. The molecule has 0 saturated heterocycles. The highest BCUT2D eigenvalue weighted by Crippen LogP contribution is 2.23. The van der Waals surface area contributed by atoms with Crippen LogP contribution in [-0.4, -0.2) is 29.9 Å². The fourth-order valence-electron chi connectivity index (χ4n) is 2.70. The maximum absolute atomic E-state index is 12.9. The number of fused-ring (bicyclic) bond motifs is 1. The van der Waals surface area contributed by atoms with Gasteiger partial charge < -0.3 is 13.9 Å². The highest BCUT2D eigenvalue weighted by atomic mass is 16.5. The van der Waals surface area contributed by atoms with E-state index < -0.39 is 5.97 Å². The predicted octanol–water partition coefficient (Wildman–Crippen LogP) is 3.23. The molecule has 0 saturated carbocycles. The number of carbonyl (C=O) groups is 2. The minimum Gasteiger partial charge on any atom is -0.497 e. The molecule has 1 aromatic carbocycles. The van der Waals surface area contributed by atoms with E-state index in [1.165, 1.54) is 6.07 Å². The molecule has 3 aromatic rings. The summed E-state index contributed by atoms with van der Waals surface area (Å²) in [6, 6.07) is 13.4. The average Bonchev–Trinajstić information content (AvgIpc) is 3.06. The number of aromatic nitrogens is 1. The number of benzene rings is 1. The number of hydrogen-bond donors (Lipinski definition) is 0. The number of ether oxygens (including phenoxy) is 2. The molecule has 26 heavy (non-hydrogen) atoms. The summed E-state index contributed by atoms with van der Waals surface area (Å²) >= 11 is 0. The second-order valence-corrected chi connectivity index (χ2v) is 5.50. The lowest BCUT2D eigenvalue weighted by molar-refractivity contribution is 0.0529. The number of hydrogen-bond acceptors (Lipinski definition) is 5. The Morgan fingerprint density at radius 1 is 1.15 bits per heavy atom. The number of nitrogens with zero attached hydrogens (tertiary/aromatic N) is 2. The molecule has 2 aromatic heterocycles. The first-order valence-electron chi connectivity index (χ1n) is 8.00. The number of rotatable bonds is 5. The molecule has 0 atom stereocenters. The molecule has 130 valence electrons. The zero-order valence-electron chi connectivity index (χ0n) is 14.4. The molecule has 2 heterocycles. The SMILES string of the molecule is CCOC(=O)c1cc(C(=O)c2ccc(OC)cc2)n2ccc(C#N)cc12. The monoisotopic (exact) mass is 348 g/mol. The van der Waals surface area contributed by atoms with Crippen molar-refractivity contribution in [2.24, 2.45) is 0 Å². The topological polar surface area (TPSA) is 80.8 Å². The van der Waals surface area contributed by atoms with Gasteiger partial charge in [0.1, 0.15) is 5.75 Å². The molecule has 0 N–H and O–H groups in total. The zero-order chi connectivity index (χ0) is 18.7. The van der Waals surface area contributed by atoms with Gasteiger partial charge in [0.15, 0.2) is 0 Å². The summed E-state index contributed by atoms with van der Waals surface area (Å²) < 4.78 is 11.8. The van der Waals surface area contributed by atoms with Gasteiger partial charge in [-0.2, -0.15) is 5.26 Å². The van der Waals surface area contributed by atoms with Crippen molar-refractivity contribution in [3.8, 4) is 11.8 Å². The van der Waals surface area contributed by atoms with Gasteiger partial charge in [-0.15, -0.1) is 0 Å². The van der Waals surface area contributed by atoms with Gasteiger partial charge in [-0.25, -0.2) is 4.79 Å². The zero-order valence-corrected chi connectivity index (χ0v) is 14.4. The lowest BCUT2D eigenvalue weighted by Crippen LogP contribution is -2.05. The average molecular weight is 348 g/mol. The van der Waals surface area contributed by atoms with Gasteiger partial charge >= 0.3 is 5.97 Å². The Balaban J connectivity index is 2.14. The maximum Gasteiger partial charge on any atom is 0.340 e. The van der Waals surface area contributed by atoms with Gasteiger partial charge in [0.2, 0.25) is 5.78 Å². The van der Waals surface area contributed by atoms with Crippen LogP contribution in [0.25, 0.3) is 5.52 Å². The lowest BCUT2D eigenvalue weighted by Gasteiger charge is -2.04. The van der Waals surface area contributed by atoms with E-state index in [9.17, 15) is 9.59 Å². The molecule has 0 spiro atoms.